The second kappa shape index (κ2) is 4.97. The lowest BCUT2D eigenvalue weighted by atomic mass is 10.4. The van der Waals surface area contributed by atoms with Crippen molar-refractivity contribution < 1.29 is 0 Å². The van der Waals surface area contributed by atoms with Crippen LogP contribution in [0.5, 0.6) is 0 Å². The molecule has 2 rings (SSSR count). The lowest BCUT2D eigenvalue weighted by Crippen LogP contribution is -2.00. The summed E-state index contributed by atoms with van der Waals surface area (Å²) in [6, 6.07) is 0. The van der Waals surface area contributed by atoms with Crippen molar-refractivity contribution in [3.05, 3.63) is 24.4 Å². The summed E-state index contributed by atoms with van der Waals surface area (Å²) in [6.07, 6.45) is 6.69. The molecule has 0 aliphatic carbocycles. The molecule has 80 valence electrons. The molecule has 0 aliphatic rings. The standard InChI is InChI=1S/C9H13N5S/c1-8-10-3-5-14(8)4-2-6-15-9-7-11-13-12-9/h3,5,7H,2,4,6H2,1H3,(H,11,12,13). The van der Waals surface area contributed by atoms with Crippen LogP contribution in [-0.4, -0.2) is 30.7 Å². The minimum Gasteiger partial charge on any atom is -0.335 e. The highest BCUT2D eigenvalue weighted by atomic mass is 32.2. The molecule has 0 radical (unpaired) electrons. The highest BCUT2D eigenvalue weighted by Crippen LogP contribution is 2.14. The summed E-state index contributed by atoms with van der Waals surface area (Å²) in [4.78, 5) is 4.17. The Bertz CT molecular complexity index is 394. The van der Waals surface area contributed by atoms with Gasteiger partial charge in [-0.15, -0.1) is 16.9 Å². The van der Waals surface area contributed by atoms with Gasteiger partial charge < -0.3 is 4.57 Å². The molecule has 0 unspecified atom stereocenters. The first kappa shape index (κ1) is 10.2. The van der Waals surface area contributed by atoms with Crippen LogP contribution in [0.4, 0.5) is 0 Å². The zero-order valence-electron chi connectivity index (χ0n) is 8.55. The first-order valence-corrected chi connectivity index (χ1v) is 5.81. The van der Waals surface area contributed by atoms with Crippen molar-refractivity contribution >= 4 is 11.8 Å². The molecule has 15 heavy (non-hydrogen) atoms. The van der Waals surface area contributed by atoms with Crippen molar-refractivity contribution in [1.29, 1.82) is 0 Å². The van der Waals surface area contributed by atoms with E-state index in [0.29, 0.717) is 0 Å². The molecule has 0 saturated carbocycles. The summed E-state index contributed by atoms with van der Waals surface area (Å²) >= 11 is 1.72. The van der Waals surface area contributed by atoms with E-state index in [1.165, 1.54) is 0 Å². The Morgan fingerprint density at radius 3 is 3.13 bits per heavy atom. The number of rotatable bonds is 5. The van der Waals surface area contributed by atoms with E-state index in [1.807, 2.05) is 19.3 Å². The van der Waals surface area contributed by atoms with Crippen molar-refractivity contribution in [3.63, 3.8) is 0 Å². The summed E-state index contributed by atoms with van der Waals surface area (Å²) in [5, 5.41) is 11.3. The van der Waals surface area contributed by atoms with Crippen molar-refractivity contribution in [3.8, 4) is 0 Å². The van der Waals surface area contributed by atoms with E-state index in [4.69, 9.17) is 0 Å². The molecule has 0 spiro atoms. The Kier molecular flexibility index (Phi) is 3.39. The molecule has 5 nitrogen and oxygen atoms in total. The van der Waals surface area contributed by atoms with Crippen LogP contribution in [0.2, 0.25) is 0 Å². The largest absolute Gasteiger partial charge is 0.335 e. The Labute approximate surface area is 92.3 Å². The second-order valence-electron chi connectivity index (χ2n) is 3.18. The highest BCUT2D eigenvalue weighted by Gasteiger charge is 1.98. The number of nitrogens with one attached hydrogen (secondary N) is 1. The van der Waals surface area contributed by atoms with Gasteiger partial charge in [0.05, 0.1) is 6.20 Å². The average Bonchev–Trinajstić information content (AvgIpc) is 2.85. The van der Waals surface area contributed by atoms with Crippen LogP contribution in [0.3, 0.4) is 0 Å². The van der Waals surface area contributed by atoms with Crippen LogP contribution in [0, 0.1) is 6.92 Å². The van der Waals surface area contributed by atoms with Crippen molar-refractivity contribution in [2.24, 2.45) is 0 Å². The van der Waals surface area contributed by atoms with Gasteiger partial charge in [-0.1, -0.05) is 0 Å². The van der Waals surface area contributed by atoms with Crippen LogP contribution in [0.25, 0.3) is 0 Å². The van der Waals surface area contributed by atoms with E-state index in [-0.39, 0.29) is 0 Å². The Balaban J connectivity index is 1.70. The normalized spacial score (nSPS) is 10.7. The van der Waals surface area contributed by atoms with Gasteiger partial charge in [-0.05, 0) is 13.3 Å². The molecular formula is C9H13N5S. The molecule has 0 fully saturated rings. The lowest BCUT2D eigenvalue weighted by molar-refractivity contribution is 0.662. The minimum absolute atomic E-state index is 0.956. The third-order valence-corrected chi connectivity index (χ3v) is 3.10. The molecule has 1 N–H and O–H groups in total. The Morgan fingerprint density at radius 2 is 2.47 bits per heavy atom. The van der Waals surface area contributed by atoms with Crippen LogP contribution in [-0.2, 0) is 6.54 Å². The van der Waals surface area contributed by atoms with Gasteiger partial charge in [0.1, 0.15) is 10.9 Å². The molecule has 0 bridgehead atoms. The summed E-state index contributed by atoms with van der Waals surface area (Å²) in [5.74, 6) is 2.12. The number of H-pyrrole nitrogens is 1. The van der Waals surface area contributed by atoms with Crippen LogP contribution in [0.1, 0.15) is 12.2 Å². The number of nitrogens with zero attached hydrogens (tertiary/aromatic N) is 4. The zero-order chi connectivity index (χ0) is 10.5. The smallest absolute Gasteiger partial charge is 0.138 e. The maximum atomic E-state index is 4.17. The fourth-order valence-corrected chi connectivity index (χ4v) is 2.03. The van der Waals surface area contributed by atoms with E-state index < -0.39 is 0 Å². The van der Waals surface area contributed by atoms with E-state index in [9.17, 15) is 0 Å². The number of hydrogen-bond donors (Lipinski definition) is 1. The van der Waals surface area contributed by atoms with E-state index in [2.05, 4.69) is 25.0 Å². The van der Waals surface area contributed by atoms with Gasteiger partial charge in [-0.2, -0.15) is 10.3 Å². The average molecular weight is 223 g/mol. The van der Waals surface area contributed by atoms with Crippen molar-refractivity contribution in [2.45, 2.75) is 24.9 Å². The quantitative estimate of drug-likeness (QED) is 0.616. The molecule has 0 saturated heterocycles. The van der Waals surface area contributed by atoms with Crippen LogP contribution >= 0.6 is 11.8 Å². The molecule has 6 heteroatoms. The maximum absolute atomic E-state index is 4.17. The topological polar surface area (TPSA) is 59.4 Å². The molecule has 0 aliphatic heterocycles. The van der Waals surface area contributed by atoms with Gasteiger partial charge in [0.15, 0.2) is 0 Å². The van der Waals surface area contributed by atoms with Crippen molar-refractivity contribution in [1.82, 2.24) is 25.0 Å². The summed E-state index contributed by atoms with van der Waals surface area (Å²) in [7, 11) is 0. The van der Waals surface area contributed by atoms with Crippen molar-refractivity contribution in [2.75, 3.05) is 5.75 Å². The molecule has 0 atom stereocenters. The predicted molar refractivity (Wildman–Crippen MR) is 58.7 cm³/mol. The number of aryl methyl sites for hydroxylation is 2. The SMILES string of the molecule is Cc1nccn1CCCSc1cn[nH]n1. The Hall–Kier alpha value is -1.30. The molecule has 2 aromatic heterocycles. The molecule has 0 amide bonds. The van der Waals surface area contributed by atoms with Crippen LogP contribution in [0.15, 0.2) is 23.6 Å². The van der Waals surface area contributed by atoms with Gasteiger partial charge in [-0.25, -0.2) is 4.98 Å². The summed E-state index contributed by atoms with van der Waals surface area (Å²) < 4.78 is 2.16. The molecule has 0 aromatic carbocycles. The second-order valence-corrected chi connectivity index (χ2v) is 4.29. The molecule has 2 heterocycles. The zero-order valence-corrected chi connectivity index (χ0v) is 9.37. The summed E-state index contributed by atoms with van der Waals surface area (Å²) in [5.41, 5.74) is 0. The molecular weight excluding hydrogens is 210 g/mol. The Morgan fingerprint density at radius 1 is 1.53 bits per heavy atom. The van der Waals surface area contributed by atoms with Gasteiger partial charge in [-0.3, -0.25) is 0 Å². The first-order valence-electron chi connectivity index (χ1n) is 4.82. The third kappa shape index (κ3) is 2.82. The first-order chi connectivity index (χ1) is 7.36. The number of imidazole rings is 1. The maximum Gasteiger partial charge on any atom is 0.138 e. The predicted octanol–water partition coefficient (Wildman–Crippen LogP) is 1.49. The van der Waals surface area contributed by atoms with Gasteiger partial charge in [0.2, 0.25) is 0 Å². The number of thioether (sulfide) groups is 1. The van der Waals surface area contributed by atoms with Gasteiger partial charge in [0, 0.05) is 24.7 Å². The van der Waals surface area contributed by atoms with Gasteiger partial charge >= 0.3 is 0 Å². The fourth-order valence-electron chi connectivity index (χ4n) is 1.31. The number of hydrogen-bond acceptors (Lipinski definition) is 4. The van der Waals surface area contributed by atoms with E-state index >= 15 is 0 Å². The summed E-state index contributed by atoms with van der Waals surface area (Å²) in [6.45, 7) is 3.03. The van der Waals surface area contributed by atoms with Crippen LogP contribution < -0.4 is 0 Å². The van der Waals surface area contributed by atoms with E-state index in [0.717, 1.165) is 29.6 Å². The molecule has 2 aromatic rings. The monoisotopic (exact) mass is 223 g/mol. The third-order valence-electron chi connectivity index (χ3n) is 2.11. The number of aromatic nitrogens is 5. The van der Waals surface area contributed by atoms with Gasteiger partial charge in [0.25, 0.3) is 0 Å². The minimum atomic E-state index is 0.956. The fraction of sp³-hybridized carbons (Fsp3) is 0.444. The lowest BCUT2D eigenvalue weighted by Gasteiger charge is -2.03. The number of aromatic amines is 1. The highest BCUT2D eigenvalue weighted by molar-refractivity contribution is 7.99. The van der Waals surface area contributed by atoms with E-state index in [1.54, 1.807) is 18.0 Å².